The molecule has 4 aliphatic rings. The molecule has 196 valence electrons. The number of nitrogens with two attached hydrogens (primary N) is 1. The maximum atomic E-state index is 12.4. The van der Waals surface area contributed by atoms with E-state index in [1.807, 2.05) is 45.9 Å². The molecule has 5 rings (SSSR count). The van der Waals surface area contributed by atoms with Gasteiger partial charge in [-0.25, -0.2) is 18.6 Å². The Hall–Kier alpha value is -3.64. The van der Waals surface area contributed by atoms with Crippen molar-refractivity contribution < 1.29 is 27.9 Å². The summed E-state index contributed by atoms with van der Waals surface area (Å²) in [4.78, 5) is 23.9. The standard InChI is InChI=1S/C25H29N5O6S/c1-12-6-9-16-23(2,3)19(28-29-22(26)33)15(30-37(5,34)35)11-25(16)24(12,4)10-13-7-8-14-17(18(13)36-25)21(32)27-20(14)31/h6-9,11,21,30,32H,10H2,1-5H3,(H,27,31)(H3,26,29,33). The van der Waals surface area contributed by atoms with Crippen molar-refractivity contribution in [1.29, 1.82) is 0 Å². The van der Waals surface area contributed by atoms with Gasteiger partial charge < -0.3 is 20.9 Å². The highest BCUT2D eigenvalue weighted by molar-refractivity contribution is 7.88. The van der Waals surface area contributed by atoms with Crippen LogP contribution in [0.25, 0.3) is 0 Å². The first-order valence-corrected chi connectivity index (χ1v) is 13.6. The van der Waals surface area contributed by atoms with Gasteiger partial charge in [0.1, 0.15) is 5.75 Å². The van der Waals surface area contributed by atoms with E-state index in [-0.39, 0.29) is 11.4 Å². The maximum absolute atomic E-state index is 12.4. The number of fused-ring (bicyclic) bond motifs is 3. The molecule has 1 aromatic rings. The third-order valence-corrected chi connectivity index (χ3v) is 8.49. The summed E-state index contributed by atoms with van der Waals surface area (Å²) in [6.45, 7) is 7.72. The Morgan fingerprint density at radius 1 is 1.27 bits per heavy atom. The number of ether oxygens (including phenoxy) is 1. The lowest BCUT2D eigenvalue weighted by Gasteiger charge is -2.58. The van der Waals surface area contributed by atoms with E-state index in [4.69, 9.17) is 10.5 Å². The Bertz CT molecular complexity index is 1510. The highest BCUT2D eigenvalue weighted by Crippen LogP contribution is 2.62. The van der Waals surface area contributed by atoms with Crippen LogP contribution in [-0.4, -0.2) is 43.0 Å². The van der Waals surface area contributed by atoms with Gasteiger partial charge in [-0.05, 0) is 36.6 Å². The maximum Gasteiger partial charge on any atom is 0.332 e. The van der Waals surface area contributed by atoms with E-state index in [1.54, 1.807) is 12.1 Å². The van der Waals surface area contributed by atoms with Crippen LogP contribution in [0.3, 0.4) is 0 Å². The molecule has 3 amide bonds. The summed E-state index contributed by atoms with van der Waals surface area (Å²) < 4.78 is 34.3. The van der Waals surface area contributed by atoms with E-state index in [9.17, 15) is 23.1 Å². The minimum atomic E-state index is -3.77. The second-order valence-electron chi connectivity index (χ2n) is 10.7. The highest BCUT2D eigenvalue weighted by atomic mass is 32.2. The Morgan fingerprint density at radius 2 is 1.97 bits per heavy atom. The van der Waals surface area contributed by atoms with Crippen molar-refractivity contribution in [3.05, 3.63) is 63.9 Å². The quantitative estimate of drug-likeness (QED) is 0.373. The van der Waals surface area contributed by atoms with Crippen LogP contribution in [0.5, 0.6) is 5.75 Å². The van der Waals surface area contributed by atoms with E-state index in [0.717, 1.165) is 23.0 Å². The molecule has 11 nitrogen and oxygen atoms in total. The van der Waals surface area contributed by atoms with Gasteiger partial charge in [0.15, 0.2) is 11.8 Å². The third-order valence-electron chi connectivity index (χ3n) is 7.90. The van der Waals surface area contributed by atoms with Gasteiger partial charge in [0.25, 0.3) is 5.91 Å². The second kappa shape index (κ2) is 7.68. The largest absolute Gasteiger partial charge is 0.477 e. The van der Waals surface area contributed by atoms with Gasteiger partial charge >= 0.3 is 6.03 Å². The molecule has 3 unspecified atom stereocenters. The number of amides is 3. The molecule has 1 spiro atoms. The first-order chi connectivity index (χ1) is 17.1. The van der Waals surface area contributed by atoms with Gasteiger partial charge in [-0.15, -0.1) is 0 Å². The van der Waals surface area contributed by atoms with Crippen LogP contribution in [0.4, 0.5) is 4.79 Å². The molecule has 1 aromatic carbocycles. The molecule has 0 saturated carbocycles. The molecule has 0 aromatic heterocycles. The monoisotopic (exact) mass is 527 g/mol. The molecule has 0 radical (unpaired) electrons. The molecule has 3 atom stereocenters. The Kier molecular flexibility index (Phi) is 5.20. The van der Waals surface area contributed by atoms with Crippen molar-refractivity contribution in [3.63, 3.8) is 0 Å². The van der Waals surface area contributed by atoms with Gasteiger partial charge in [0.05, 0.1) is 28.8 Å². The van der Waals surface area contributed by atoms with Crippen LogP contribution in [0.1, 0.15) is 55.4 Å². The number of carbonyl (C=O) groups excluding carboxylic acids is 2. The van der Waals surface area contributed by atoms with E-state index < -0.39 is 44.6 Å². The normalized spacial score (nSPS) is 30.3. The first-order valence-electron chi connectivity index (χ1n) is 11.7. The fourth-order valence-electron chi connectivity index (χ4n) is 6.00. The Labute approximate surface area is 214 Å². The number of hydrogen-bond acceptors (Lipinski definition) is 7. The summed E-state index contributed by atoms with van der Waals surface area (Å²) in [6.07, 6.45) is 5.85. The zero-order valence-corrected chi connectivity index (χ0v) is 21.9. The van der Waals surface area contributed by atoms with Crippen molar-refractivity contribution in [2.24, 2.45) is 21.7 Å². The molecule has 6 N–H and O–H groups in total. The SMILES string of the molecule is CC1=CC=C2C(C)(C)C(=NNC(N)=O)C(NS(C)(=O)=O)=CC23Oc2c(ccc4c2C(O)NC4=O)CC13C. The van der Waals surface area contributed by atoms with Crippen LogP contribution < -0.4 is 25.9 Å². The van der Waals surface area contributed by atoms with Crippen LogP contribution in [-0.2, 0) is 16.4 Å². The number of carbonyl (C=O) groups is 2. The smallest absolute Gasteiger partial charge is 0.332 e. The van der Waals surface area contributed by atoms with Crippen molar-refractivity contribution >= 4 is 27.7 Å². The molecule has 2 aliphatic carbocycles. The number of benzene rings is 1. The molecule has 2 aliphatic heterocycles. The minimum absolute atomic E-state index is 0.130. The highest BCUT2D eigenvalue weighted by Gasteiger charge is 2.63. The minimum Gasteiger partial charge on any atom is -0.477 e. The average Bonchev–Trinajstić information content (AvgIpc) is 3.05. The molecule has 0 saturated heterocycles. The van der Waals surface area contributed by atoms with Crippen molar-refractivity contribution in [3.8, 4) is 5.75 Å². The lowest BCUT2D eigenvalue weighted by molar-refractivity contribution is 0.00678. The summed E-state index contributed by atoms with van der Waals surface area (Å²) in [5, 5.41) is 17.4. The number of nitrogens with one attached hydrogen (secondary N) is 3. The number of hydrogen-bond donors (Lipinski definition) is 5. The van der Waals surface area contributed by atoms with Gasteiger partial charge in [-0.2, -0.15) is 5.10 Å². The molecule has 37 heavy (non-hydrogen) atoms. The lowest BCUT2D eigenvalue weighted by atomic mass is 9.51. The Balaban J connectivity index is 1.83. The summed E-state index contributed by atoms with van der Waals surface area (Å²) >= 11 is 0. The number of aliphatic hydroxyl groups is 1. The fraction of sp³-hybridized carbons (Fsp3) is 0.400. The topological polar surface area (TPSA) is 172 Å². The van der Waals surface area contributed by atoms with Gasteiger partial charge in [-0.3, -0.25) is 9.52 Å². The number of hydrazone groups is 1. The van der Waals surface area contributed by atoms with Crippen LogP contribution in [0.15, 0.2) is 52.3 Å². The van der Waals surface area contributed by atoms with Crippen molar-refractivity contribution in [1.82, 2.24) is 15.5 Å². The number of rotatable bonds is 3. The molecule has 0 fully saturated rings. The molecule has 12 heteroatoms. The molecular weight excluding hydrogens is 498 g/mol. The summed E-state index contributed by atoms with van der Waals surface area (Å²) in [7, 11) is -3.77. The molecular formula is C25H29N5O6S. The zero-order chi connectivity index (χ0) is 27.1. The number of primary amides is 1. The summed E-state index contributed by atoms with van der Waals surface area (Å²) in [6, 6.07) is 2.61. The van der Waals surface area contributed by atoms with Crippen molar-refractivity contribution in [2.75, 3.05) is 6.26 Å². The van der Waals surface area contributed by atoms with E-state index in [0.29, 0.717) is 23.3 Å². The van der Waals surface area contributed by atoms with E-state index in [2.05, 4.69) is 20.6 Å². The Morgan fingerprint density at radius 3 is 2.62 bits per heavy atom. The zero-order valence-electron chi connectivity index (χ0n) is 21.1. The van der Waals surface area contributed by atoms with Gasteiger partial charge in [-0.1, -0.05) is 44.6 Å². The summed E-state index contributed by atoms with van der Waals surface area (Å²) in [5.41, 5.74) is 8.24. The molecule has 2 heterocycles. The number of allylic oxidation sites excluding steroid dienone is 3. The lowest BCUT2D eigenvalue weighted by Crippen LogP contribution is -2.63. The predicted octanol–water partition coefficient (Wildman–Crippen LogP) is 1.48. The number of aliphatic hydroxyl groups excluding tert-OH is 1. The van der Waals surface area contributed by atoms with Crippen molar-refractivity contribution in [2.45, 2.75) is 45.9 Å². The third kappa shape index (κ3) is 3.50. The first kappa shape index (κ1) is 25.0. The van der Waals surface area contributed by atoms with E-state index >= 15 is 0 Å². The fourth-order valence-corrected chi connectivity index (χ4v) is 6.55. The van der Waals surface area contributed by atoms with Crippen LogP contribution in [0, 0.1) is 10.8 Å². The average molecular weight is 528 g/mol. The second-order valence-corrected chi connectivity index (χ2v) is 12.4. The summed E-state index contributed by atoms with van der Waals surface area (Å²) in [5.74, 6) is -0.0241. The number of sulfonamides is 1. The number of urea groups is 1. The van der Waals surface area contributed by atoms with Gasteiger partial charge in [0, 0.05) is 10.8 Å². The van der Waals surface area contributed by atoms with Gasteiger partial charge in [0.2, 0.25) is 10.0 Å². The predicted molar refractivity (Wildman–Crippen MR) is 136 cm³/mol. The van der Waals surface area contributed by atoms with Crippen LogP contribution >= 0.6 is 0 Å². The molecule has 0 bridgehead atoms. The van der Waals surface area contributed by atoms with E-state index in [1.165, 1.54) is 0 Å². The van der Waals surface area contributed by atoms with Crippen LogP contribution in [0.2, 0.25) is 0 Å². The number of nitrogens with zero attached hydrogens (tertiary/aromatic N) is 1.